The lowest BCUT2D eigenvalue weighted by Gasteiger charge is -2.31. The minimum absolute atomic E-state index is 0.00686. The van der Waals surface area contributed by atoms with Crippen LogP contribution in [0.25, 0.3) is 0 Å². The highest BCUT2D eigenvalue weighted by atomic mass is 32.2. The molecule has 4 heterocycles. The van der Waals surface area contributed by atoms with Gasteiger partial charge < -0.3 is 51.2 Å². The molecule has 5 atom stereocenters. The van der Waals surface area contributed by atoms with Crippen molar-refractivity contribution in [2.45, 2.75) is 162 Å². The molecule has 2 saturated heterocycles. The van der Waals surface area contributed by atoms with Gasteiger partial charge >= 0.3 is 0 Å². The predicted octanol–water partition coefficient (Wildman–Crippen LogP) is 4.31. The van der Waals surface area contributed by atoms with Crippen molar-refractivity contribution in [1.29, 1.82) is 0 Å². The molecular formula is C66H86N10O14S2. The molecule has 3 aromatic carbocycles. The number of rotatable bonds is 28. The molecule has 0 aromatic heterocycles. The smallest absolute Gasteiger partial charge is 0.294 e. The van der Waals surface area contributed by atoms with Crippen LogP contribution in [0.5, 0.6) is 0 Å². The highest BCUT2D eigenvalue weighted by molar-refractivity contribution is 7.86. The summed E-state index contributed by atoms with van der Waals surface area (Å²) >= 11 is 0. The van der Waals surface area contributed by atoms with Gasteiger partial charge in [-0.3, -0.25) is 42.9 Å². The molecular weight excluding hydrogens is 1220 g/mol. The summed E-state index contributed by atoms with van der Waals surface area (Å²) in [6, 6.07) is 12.2. The molecule has 7 N–H and O–H groups in total. The third-order valence-corrected chi connectivity index (χ3v) is 19.2. The van der Waals surface area contributed by atoms with Crippen LogP contribution in [-0.4, -0.2) is 176 Å². The Morgan fingerprint density at radius 2 is 1.41 bits per heavy atom. The molecule has 496 valence electrons. The zero-order valence-electron chi connectivity index (χ0n) is 53.5. The number of likely N-dealkylation sites (tertiary alicyclic amines) is 2. The number of nitrogens with two attached hydrogens (primary N) is 1. The van der Waals surface area contributed by atoms with Crippen LogP contribution in [0.2, 0.25) is 0 Å². The normalized spacial score (nSPS) is 19.1. The second-order valence-corrected chi connectivity index (χ2v) is 27.7. The van der Waals surface area contributed by atoms with Gasteiger partial charge in [-0.2, -0.15) is 13.0 Å². The number of fused-ring (bicyclic) bond motifs is 2. The van der Waals surface area contributed by atoms with E-state index in [1.807, 2.05) is 75.8 Å². The molecule has 4 aliphatic rings. The summed E-state index contributed by atoms with van der Waals surface area (Å²) in [5.41, 5.74) is 9.68. The van der Waals surface area contributed by atoms with Gasteiger partial charge in [-0.05, 0) is 125 Å². The molecule has 4 aliphatic heterocycles. The number of carbonyl (C=O) groups excluding carboxylic acids is 8. The zero-order valence-corrected chi connectivity index (χ0v) is 55.1. The van der Waals surface area contributed by atoms with E-state index in [0.29, 0.717) is 62.9 Å². The third-order valence-electron chi connectivity index (χ3n) is 17.5. The van der Waals surface area contributed by atoms with Crippen LogP contribution in [0.15, 0.2) is 125 Å². The van der Waals surface area contributed by atoms with Gasteiger partial charge in [-0.1, -0.05) is 74.9 Å². The van der Waals surface area contributed by atoms with Crippen LogP contribution >= 0.6 is 0 Å². The monoisotopic (exact) mass is 1310 g/mol. The van der Waals surface area contributed by atoms with Crippen LogP contribution in [0, 0.1) is 0 Å². The molecule has 7 rings (SSSR count). The summed E-state index contributed by atoms with van der Waals surface area (Å²) in [7, 11) is -4.17. The van der Waals surface area contributed by atoms with Crippen molar-refractivity contribution in [2.24, 2.45) is 5.73 Å². The maximum Gasteiger partial charge on any atom is 0.294 e. The molecule has 2 fully saturated rings. The average Bonchev–Trinajstić information content (AvgIpc) is 1.60. The van der Waals surface area contributed by atoms with Crippen LogP contribution in [0.3, 0.4) is 0 Å². The lowest BCUT2D eigenvalue weighted by atomic mass is 9.81. The van der Waals surface area contributed by atoms with E-state index in [4.69, 9.17) is 5.73 Å². The third kappa shape index (κ3) is 17.4. The van der Waals surface area contributed by atoms with Crippen molar-refractivity contribution in [3.63, 3.8) is 0 Å². The Morgan fingerprint density at radius 3 is 2.05 bits per heavy atom. The largest absolute Gasteiger partial charge is 0.744 e. The number of likely N-dealkylation sites (N-methyl/N-ethyl adjacent to an activating group) is 1. The van der Waals surface area contributed by atoms with Gasteiger partial charge in [0.05, 0.1) is 15.2 Å². The van der Waals surface area contributed by atoms with Crippen molar-refractivity contribution in [3.8, 4) is 0 Å². The second kappa shape index (κ2) is 30.4. The van der Waals surface area contributed by atoms with Gasteiger partial charge in [0, 0.05) is 94.5 Å². The van der Waals surface area contributed by atoms with E-state index in [1.54, 1.807) is 56.6 Å². The molecule has 0 bridgehead atoms. The highest BCUT2D eigenvalue weighted by Gasteiger charge is 2.45. The van der Waals surface area contributed by atoms with Crippen molar-refractivity contribution in [1.82, 2.24) is 36.0 Å². The summed E-state index contributed by atoms with van der Waals surface area (Å²) in [6.07, 6.45) is 15.6. The number of nitrogens with zero attached hydrogens (tertiary/aromatic N) is 5. The molecule has 0 saturated carbocycles. The van der Waals surface area contributed by atoms with Crippen LogP contribution in [0.4, 0.5) is 11.4 Å². The fraction of sp³-hybridized carbons (Fsp3) is 0.470. The maximum absolute atomic E-state index is 14.8. The fourth-order valence-electron chi connectivity index (χ4n) is 12.5. The molecule has 0 aliphatic carbocycles. The predicted molar refractivity (Wildman–Crippen MR) is 345 cm³/mol. The Balaban J connectivity index is 1.03. The zero-order chi connectivity index (χ0) is 67.5. The van der Waals surface area contributed by atoms with E-state index >= 15 is 0 Å². The lowest BCUT2D eigenvalue weighted by molar-refractivity contribution is -0.401. The van der Waals surface area contributed by atoms with Crippen molar-refractivity contribution in [3.05, 3.63) is 132 Å². The number of nitrogens with one attached hydrogen (secondary N) is 4. The van der Waals surface area contributed by atoms with Crippen molar-refractivity contribution < 1.29 is 68.9 Å². The summed E-state index contributed by atoms with van der Waals surface area (Å²) in [5.74, 6) is -4.31. The molecule has 8 amide bonds. The number of primary amides is 1. The van der Waals surface area contributed by atoms with E-state index in [2.05, 4.69) is 26.2 Å². The maximum atomic E-state index is 14.8. The molecule has 24 nitrogen and oxygen atoms in total. The fourth-order valence-corrected chi connectivity index (χ4v) is 13.5. The van der Waals surface area contributed by atoms with E-state index in [-0.39, 0.29) is 79.1 Å². The Labute approximate surface area is 539 Å². The average molecular weight is 1310 g/mol. The number of hydrogen-bond donors (Lipinski definition) is 6. The SMILES string of the molecule is CC(=O)N1CCC[C@H]1C(=O)N[C@@H](CC/C=C/C(=O)N(C)C)C(=O)N[C@@H](CCNC(=O)CCCCCN1/C(=C/C=C/C=C/C2=[N+](C)c3ccc(S(=O)(=O)O)cc3C2(C)C)C(C)(C)c2cc(S(=O)(=O)[O-])ccc21)C(=O)N1CCC[C@H]1C(=O)N[C@@H](Cc1ccccc1)C(N)=O. The van der Waals surface area contributed by atoms with Crippen LogP contribution in [0.1, 0.15) is 122 Å². The second-order valence-electron chi connectivity index (χ2n) is 24.9. The van der Waals surface area contributed by atoms with Crippen LogP contribution < -0.4 is 31.9 Å². The topological polar surface area (TPSA) is 338 Å². The minimum atomic E-state index is -4.78. The number of benzene rings is 3. The van der Waals surface area contributed by atoms with Gasteiger partial charge in [-0.15, -0.1) is 0 Å². The summed E-state index contributed by atoms with van der Waals surface area (Å²) in [5, 5.41) is 11.2. The summed E-state index contributed by atoms with van der Waals surface area (Å²) in [6.45, 7) is 9.97. The first-order valence-electron chi connectivity index (χ1n) is 31.0. The van der Waals surface area contributed by atoms with Gasteiger partial charge in [-0.25, -0.2) is 8.42 Å². The molecule has 0 radical (unpaired) electrons. The number of anilines is 1. The molecule has 92 heavy (non-hydrogen) atoms. The number of carbonyl (C=O) groups is 8. The Kier molecular flexibility index (Phi) is 23.5. The van der Waals surface area contributed by atoms with Gasteiger partial charge in [0.15, 0.2) is 5.71 Å². The standard InChI is InChI=1S/C66H86N10O14S2/c1-43(77)74-38-20-25-54(74)62(82)69-49(24-17-18-30-59(79)72(6)7)61(81)70-50(64(84)76-39-21-26-55(76)63(83)71-51(60(67)80)40-44-22-12-9-13-23-44)35-36-68-58(78)29-16-11-19-37-75-53-34-32-46(92(88,89)90)42-48(53)66(4,5)57(75)28-15-10-14-27-56-65(2,3)47-41-45(91(85,86)87)31-33-52(47)73(56)8/h9-10,12-15,18,22-23,27-28,30-34,41-42,49-51,54-55H,11,16-17,19-21,24-26,29,35-40H2,1-8H3,(H7-,67,68,69,70,71,78,80,81,82,83,85,86,87,88,89,90)/b30-18+/t49-,50-,51-,54-,55-/m0/s1. The van der Waals surface area contributed by atoms with E-state index in [0.717, 1.165) is 28.2 Å². The number of unbranched alkanes of at least 4 members (excludes halogenated alkanes) is 2. The molecule has 0 spiro atoms. The first-order valence-corrected chi connectivity index (χ1v) is 33.8. The van der Waals surface area contributed by atoms with Gasteiger partial charge in [0.1, 0.15) is 47.4 Å². The van der Waals surface area contributed by atoms with Gasteiger partial charge in [0.2, 0.25) is 52.9 Å². The highest BCUT2D eigenvalue weighted by Crippen LogP contribution is 2.49. The van der Waals surface area contributed by atoms with E-state index in [1.165, 1.54) is 52.0 Å². The summed E-state index contributed by atoms with van der Waals surface area (Å²) < 4.78 is 72.3. The lowest BCUT2D eigenvalue weighted by Crippen LogP contribution is -2.59. The minimum Gasteiger partial charge on any atom is -0.744 e. The Bertz CT molecular complexity index is 3710. The van der Waals surface area contributed by atoms with Gasteiger partial charge in [0.25, 0.3) is 10.1 Å². The van der Waals surface area contributed by atoms with E-state index in [9.17, 15) is 64.3 Å². The Hall–Kier alpha value is -8.33. The van der Waals surface area contributed by atoms with Crippen molar-refractivity contribution >= 4 is 84.6 Å². The number of amides is 8. The number of hydrogen-bond acceptors (Lipinski definition) is 14. The molecule has 26 heteroatoms. The Morgan fingerprint density at radius 1 is 0.772 bits per heavy atom. The quantitative estimate of drug-likeness (QED) is 0.0194. The molecule has 0 unspecified atom stereocenters. The first-order chi connectivity index (χ1) is 43.3. The van der Waals surface area contributed by atoms with E-state index < -0.39 is 90.8 Å². The van der Waals surface area contributed by atoms with Crippen LogP contribution in [-0.2, 0) is 75.8 Å². The number of allylic oxidation sites excluding steroid dienone is 7. The first kappa shape index (κ1) is 71.1. The van der Waals surface area contributed by atoms with Crippen molar-refractivity contribution in [2.75, 3.05) is 52.2 Å². The summed E-state index contributed by atoms with van der Waals surface area (Å²) in [4.78, 5) is 114. The molecule has 3 aromatic rings.